The third-order valence-corrected chi connectivity index (χ3v) is 5.18. The molecule has 0 amide bonds. The van der Waals surface area contributed by atoms with Crippen molar-refractivity contribution in [2.75, 3.05) is 33.4 Å². The molecule has 2 aromatic rings. The number of likely N-dealkylation sites (tertiary alicyclic amines) is 1. The lowest BCUT2D eigenvalue weighted by atomic mass is 10.1. The van der Waals surface area contributed by atoms with Crippen LogP contribution < -0.4 is 14.2 Å². The fourth-order valence-corrected chi connectivity index (χ4v) is 3.58. The van der Waals surface area contributed by atoms with Gasteiger partial charge in [0.05, 0.1) is 12.7 Å². The zero-order chi connectivity index (χ0) is 19.3. The van der Waals surface area contributed by atoms with Crippen LogP contribution in [0.1, 0.15) is 35.2 Å². The summed E-state index contributed by atoms with van der Waals surface area (Å²) in [5.74, 6) is 2.25. The molecule has 2 aliphatic rings. The van der Waals surface area contributed by atoms with Gasteiger partial charge in [0.25, 0.3) is 0 Å². The van der Waals surface area contributed by atoms with Gasteiger partial charge in [-0.3, -0.25) is 9.69 Å². The number of methoxy groups -OCH3 is 1. The molecule has 0 aliphatic carbocycles. The van der Waals surface area contributed by atoms with E-state index in [4.69, 9.17) is 14.2 Å². The van der Waals surface area contributed by atoms with Crippen molar-refractivity contribution in [1.29, 1.82) is 0 Å². The smallest absolute Gasteiger partial charge is 0.231 e. The first-order chi connectivity index (χ1) is 13.7. The summed E-state index contributed by atoms with van der Waals surface area (Å²) < 4.78 is 16.8. The molecule has 2 heterocycles. The van der Waals surface area contributed by atoms with Crippen LogP contribution in [0, 0.1) is 0 Å². The van der Waals surface area contributed by atoms with E-state index >= 15 is 0 Å². The van der Waals surface area contributed by atoms with E-state index in [2.05, 4.69) is 4.90 Å². The van der Waals surface area contributed by atoms with Crippen molar-refractivity contribution in [1.82, 2.24) is 4.90 Å². The van der Waals surface area contributed by atoms with Crippen molar-refractivity contribution in [3.8, 4) is 17.2 Å². The van der Waals surface area contributed by atoms with Gasteiger partial charge in [-0.25, -0.2) is 0 Å². The number of ether oxygens (including phenoxy) is 3. The third-order valence-electron chi connectivity index (χ3n) is 5.18. The second-order valence-corrected chi connectivity index (χ2v) is 7.12. The first kappa shape index (κ1) is 18.6. The highest BCUT2D eigenvalue weighted by Gasteiger charge is 2.27. The number of carbonyl (C=O) groups excluding carboxylic acids is 1. The van der Waals surface area contributed by atoms with Gasteiger partial charge in [-0.05, 0) is 61.8 Å². The first-order valence-corrected chi connectivity index (χ1v) is 9.80. The van der Waals surface area contributed by atoms with E-state index in [1.165, 1.54) is 32.4 Å². The lowest BCUT2D eigenvalue weighted by molar-refractivity contribution is 0.101. The Kier molecular flexibility index (Phi) is 5.63. The summed E-state index contributed by atoms with van der Waals surface area (Å²) >= 11 is 0. The standard InChI is InChI=1S/C23H25NO4/c1-26-19-9-10-20-21(16-19)28-22(23(20)25)15-17-5-7-18(8-6-17)27-14-13-24-11-3-2-4-12-24/h5-10,15-16H,2-4,11-14H2,1H3/b22-15-. The number of piperidine rings is 1. The van der Waals surface area contributed by atoms with Crippen LogP contribution in [0.5, 0.6) is 17.2 Å². The zero-order valence-corrected chi connectivity index (χ0v) is 16.1. The number of allylic oxidation sites excluding steroid dienone is 1. The van der Waals surface area contributed by atoms with Crippen LogP contribution in [0.15, 0.2) is 48.2 Å². The Morgan fingerprint density at radius 3 is 2.54 bits per heavy atom. The number of benzene rings is 2. The molecule has 5 nitrogen and oxygen atoms in total. The monoisotopic (exact) mass is 379 g/mol. The Morgan fingerprint density at radius 1 is 1.04 bits per heavy atom. The van der Waals surface area contributed by atoms with Gasteiger partial charge in [0.2, 0.25) is 5.78 Å². The lowest BCUT2D eigenvalue weighted by Crippen LogP contribution is -2.33. The number of hydrogen-bond donors (Lipinski definition) is 0. The average molecular weight is 379 g/mol. The Morgan fingerprint density at radius 2 is 1.79 bits per heavy atom. The normalized spacial score (nSPS) is 18.0. The molecule has 0 bridgehead atoms. The zero-order valence-electron chi connectivity index (χ0n) is 16.1. The summed E-state index contributed by atoms with van der Waals surface area (Å²) in [7, 11) is 1.59. The van der Waals surface area contributed by atoms with Gasteiger partial charge in [-0.15, -0.1) is 0 Å². The summed E-state index contributed by atoms with van der Waals surface area (Å²) in [6.45, 7) is 4.02. The molecule has 2 aliphatic heterocycles. The summed E-state index contributed by atoms with van der Waals surface area (Å²) in [6, 6.07) is 13.0. The van der Waals surface area contributed by atoms with Crippen LogP contribution in [-0.4, -0.2) is 44.0 Å². The van der Waals surface area contributed by atoms with Gasteiger partial charge in [0.15, 0.2) is 5.76 Å². The van der Waals surface area contributed by atoms with Gasteiger partial charge in [-0.1, -0.05) is 18.6 Å². The van der Waals surface area contributed by atoms with Gasteiger partial charge in [0, 0.05) is 12.6 Å². The average Bonchev–Trinajstić information content (AvgIpc) is 3.04. The fourth-order valence-electron chi connectivity index (χ4n) is 3.58. The third kappa shape index (κ3) is 4.20. The van der Waals surface area contributed by atoms with Gasteiger partial charge in [0.1, 0.15) is 23.9 Å². The van der Waals surface area contributed by atoms with Crippen molar-refractivity contribution in [3.05, 3.63) is 59.4 Å². The molecule has 0 spiro atoms. The van der Waals surface area contributed by atoms with Crippen molar-refractivity contribution in [2.45, 2.75) is 19.3 Å². The second kappa shape index (κ2) is 8.48. The van der Waals surface area contributed by atoms with Gasteiger partial charge in [-0.2, -0.15) is 0 Å². The first-order valence-electron chi connectivity index (χ1n) is 9.80. The molecule has 0 aromatic heterocycles. The molecule has 0 saturated carbocycles. The van der Waals surface area contributed by atoms with Crippen LogP contribution in [0.4, 0.5) is 0 Å². The SMILES string of the molecule is COc1ccc2c(c1)O/C(=C\c1ccc(OCCN3CCCCC3)cc1)C2=O. The van der Waals surface area contributed by atoms with E-state index in [0.29, 0.717) is 29.4 Å². The summed E-state index contributed by atoms with van der Waals surface area (Å²) in [6.07, 6.45) is 5.69. The Labute approximate surface area is 165 Å². The largest absolute Gasteiger partial charge is 0.497 e. The molecule has 1 fully saturated rings. The van der Waals surface area contributed by atoms with Crippen LogP contribution >= 0.6 is 0 Å². The number of Topliss-reactive ketones (excluding diaryl/α,β-unsaturated/α-hetero) is 1. The number of nitrogens with zero attached hydrogens (tertiary/aromatic N) is 1. The number of fused-ring (bicyclic) bond motifs is 1. The topological polar surface area (TPSA) is 48.0 Å². The summed E-state index contributed by atoms with van der Waals surface area (Å²) in [5.41, 5.74) is 1.45. The number of rotatable bonds is 6. The molecule has 1 saturated heterocycles. The maximum atomic E-state index is 12.5. The molecule has 0 atom stereocenters. The Balaban J connectivity index is 1.35. The second-order valence-electron chi connectivity index (χ2n) is 7.12. The molecular formula is C23H25NO4. The fraction of sp³-hybridized carbons (Fsp3) is 0.348. The van der Waals surface area contributed by atoms with Crippen LogP contribution in [0.3, 0.4) is 0 Å². The van der Waals surface area contributed by atoms with Gasteiger partial charge < -0.3 is 14.2 Å². The van der Waals surface area contributed by atoms with E-state index in [1.807, 2.05) is 24.3 Å². The summed E-state index contributed by atoms with van der Waals surface area (Å²) in [5, 5.41) is 0. The van der Waals surface area contributed by atoms with E-state index in [0.717, 1.165) is 17.9 Å². The predicted octanol–water partition coefficient (Wildman–Crippen LogP) is 4.18. The molecule has 0 radical (unpaired) electrons. The highest BCUT2D eigenvalue weighted by atomic mass is 16.5. The van der Waals surface area contributed by atoms with E-state index in [1.54, 1.807) is 31.4 Å². The van der Waals surface area contributed by atoms with Crippen LogP contribution in [0.2, 0.25) is 0 Å². The number of ketones is 1. The molecule has 2 aromatic carbocycles. The molecule has 0 unspecified atom stereocenters. The van der Waals surface area contributed by atoms with Crippen molar-refractivity contribution < 1.29 is 19.0 Å². The number of carbonyl (C=O) groups is 1. The Hall–Kier alpha value is -2.79. The molecular weight excluding hydrogens is 354 g/mol. The number of hydrogen-bond acceptors (Lipinski definition) is 5. The lowest BCUT2D eigenvalue weighted by Gasteiger charge is -2.26. The molecule has 5 heteroatoms. The molecule has 28 heavy (non-hydrogen) atoms. The van der Waals surface area contributed by atoms with Crippen molar-refractivity contribution in [2.24, 2.45) is 0 Å². The minimum Gasteiger partial charge on any atom is -0.497 e. The molecule has 0 N–H and O–H groups in total. The highest BCUT2D eigenvalue weighted by molar-refractivity contribution is 6.14. The minimum absolute atomic E-state index is 0.112. The highest BCUT2D eigenvalue weighted by Crippen LogP contribution is 2.34. The van der Waals surface area contributed by atoms with Crippen molar-refractivity contribution >= 4 is 11.9 Å². The van der Waals surface area contributed by atoms with Crippen LogP contribution in [0.25, 0.3) is 6.08 Å². The molecule has 4 rings (SSSR count). The molecule has 146 valence electrons. The van der Waals surface area contributed by atoms with Crippen molar-refractivity contribution in [3.63, 3.8) is 0 Å². The quantitative estimate of drug-likeness (QED) is 0.705. The predicted molar refractivity (Wildman–Crippen MR) is 108 cm³/mol. The van der Waals surface area contributed by atoms with E-state index in [9.17, 15) is 4.79 Å². The van der Waals surface area contributed by atoms with E-state index < -0.39 is 0 Å². The maximum absolute atomic E-state index is 12.5. The van der Waals surface area contributed by atoms with Crippen LogP contribution in [-0.2, 0) is 0 Å². The van der Waals surface area contributed by atoms with Gasteiger partial charge >= 0.3 is 0 Å². The minimum atomic E-state index is -0.112. The maximum Gasteiger partial charge on any atom is 0.231 e. The summed E-state index contributed by atoms with van der Waals surface area (Å²) in [4.78, 5) is 15.0. The Bertz CT molecular complexity index is 867. The van der Waals surface area contributed by atoms with E-state index in [-0.39, 0.29) is 5.78 Å².